The number of hydrogen-bond acceptors (Lipinski definition) is 6. The minimum absolute atomic E-state index is 0.0526. The van der Waals surface area contributed by atoms with Gasteiger partial charge >= 0.3 is 0 Å². The molecule has 29 heavy (non-hydrogen) atoms. The second-order valence-corrected chi connectivity index (χ2v) is 6.77. The normalized spacial score (nSPS) is 12.4. The lowest BCUT2D eigenvalue weighted by Crippen LogP contribution is -2.25. The summed E-state index contributed by atoms with van der Waals surface area (Å²) in [4.78, 5) is 17.6. The fraction of sp³-hybridized carbons (Fsp3) is 0.182. The van der Waals surface area contributed by atoms with Gasteiger partial charge in [0.2, 0.25) is 5.91 Å². The molecule has 0 unspecified atom stereocenters. The summed E-state index contributed by atoms with van der Waals surface area (Å²) < 4.78 is 10.8. The molecule has 0 saturated heterocycles. The van der Waals surface area contributed by atoms with Crippen LogP contribution < -0.4 is 20.3 Å². The first-order chi connectivity index (χ1) is 14.0. The molecule has 4 rings (SSSR count). The molecule has 0 atom stereocenters. The average molecular weight is 390 g/mol. The van der Waals surface area contributed by atoms with E-state index in [1.54, 1.807) is 25.1 Å². The zero-order chi connectivity index (χ0) is 20.4. The number of fused-ring (bicyclic) bond motifs is 1. The Hall–Kier alpha value is -3.74. The summed E-state index contributed by atoms with van der Waals surface area (Å²) in [7, 11) is 1.61. The van der Waals surface area contributed by atoms with Gasteiger partial charge in [0, 0.05) is 36.6 Å². The number of ether oxygens (including phenoxy) is 1. The molecule has 1 aromatic heterocycles. The van der Waals surface area contributed by atoms with Crippen molar-refractivity contribution in [3.8, 4) is 17.1 Å². The number of hydrogen-bond donors (Lipinski definition) is 2. The predicted octanol–water partition coefficient (Wildman–Crippen LogP) is 4.25. The first kappa shape index (κ1) is 18.6. The van der Waals surface area contributed by atoms with E-state index >= 15 is 0 Å². The van der Waals surface area contributed by atoms with E-state index in [2.05, 4.69) is 22.2 Å². The van der Waals surface area contributed by atoms with E-state index in [-0.39, 0.29) is 5.91 Å². The molecule has 0 spiro atoms. The Kier molecular flexibility index (Phi) is 4.95. The molecule has 148 valence electrons. The van der Waals surface area contributed by atoms with Gasteiger partial charge < -0.3 is 24.7 Å². The summed E-state index contributed by atoms with van der Waals surface area (Å²) >= 11 is 0. The third-order valence-electron chi connectivity index (χ3n) is 4.85. The molecule has 7 nitrogen and oxygen atoms in total. The van der Waals surface area contributed by atoms with Crippen LogP contribution in [-0.2, 0) is 11.2 Å². The Morgan fingerprint density at radius 3 is 2.66 bits per heavy atom. The van der Waals surface area contributed by atoms with E-state index < -0.39 is 0 Å². The number of nitrogens with one attached hydrogen (secondary N) is 2. The first-order valence-electron chi connectivity index (χ1n) is 9.26. The monoisotopic (exact) mass is 390 g/mol. The zero-order valence-corrected chi connectivity index (χ0v) is 16.4. The Bertz CT molecular complexity index is 1060. The molecule has 2 N–H and O–H groups in total. The third kappa shape index (κ3) is 3.80. The van der Waals surface area contributed by atoms with Crippen molar-refractivity contribution >= 4 is 23.0 Å². The van der Waals surface area contributed by atoms with Crippen LogP contribution in [0.3, 0.4) is 0 Å². The van der Waals surface area contributed by atoms with Gasteiger partial charge in [-0.25, -0.2) is 4.98 Å². The van der Waals surface area contributed by atoms with Crippen LogP contribution in [0.15, 0.2) is 65.8 Å². The second-order valence-electron chi connectivity index (χ2n) is 6.77. The van der Waals surface area contributed by atoms with Crippen molar-refractivity contribution in [3.63, 3.8) is 0 Å². The zero-order valence-electron chi connectivity index (χ0n) is 16.4. The number of amides is 1. The lowest BCUT2D eigenvalue weighted by Gasteiger charge is -2.17. The van der Waals surface area contributed by atoms with Crippen molar-refractivity contribution in [1.82, 2.24) is 4.98 Å². The fourth-order valence-electron chi connectivity index (χ4n) is 3.49. The molecule has 0 saturated carbocycles. The summed E-state index contributed by atoms with van der Waals surface area (Å²) in [5.41, 5.74) is 4.62. The maximum absolute atomic E-state index is 11.8. The summed E-state index contributed by atoms with van der Waals surface area (Å²) in [5.74, 6) is 1.95. The summed E-state index contributed by atoms with van der Waals surface area (Å²) in [5, 5.41) is 6.47. The van der Waals surface area contributed by atoms with Crippen LogP contribution in [0, 0.1) is 0 Å². The van der Waals surface area contributed by atoms with Gasteiger partial charge in [0.25, 0.3) is 0 Å². The summed E-state index contributed by atoms with van der Waals surface area (Å²) in [6.07, 6.45) is 3.91. The molecule has 7 heteroatoms. The molecule has 0 fully saturated rings. The number of nitrogens with zero attached hydrogens (tertiary/aromatic N) is 2. The van der Waals surface area contributed by atoms with Gasteiger partial charge in [0.1, 0.15) is 11.6 Å². The summed E-state index contributed by atoms with van der Waals surface area (Å²) in [6, 6.07) is 11.7. The maximum atomic E-state index is 11.8. The first-order valence-corrected chi connectivity index (χ1v) is 9.26. The number of methoxy groups -OCH3 is 1. The Morgan fingerprint density at radius 1 is 1.21 bits per heavy atom. The van der Waals surface area contributed by atoms with E-state index in [1.807, 2.05) is 36.4 Å². The molecule has 0 radical (unpaired) electrons. The average Bonchev–Trinajstić information content (AvgIpc) is 3.37. The molecule has 1 amide bonds. The summed E-state index contributed by atoms with van der Waals surface area (Å²) in [6.45, 7) is 6.36. The van der Waals surface area contributed by atoms with E-state index in [0.717, 1.165) is 35.6 Å². The van der Waals surface area contributed by atoms with Gasteiger partial charge in [-0.3, -0.25) is 4.79 Å². The highest BCUT2D eigenvalue weighted by atomic mass is 16.5. The standard InChI is InChI=1S/C22H22N4O3/c1-14(24-17-5-4-16-8-9-26(15(2)27)20(16)10-17)25-18-6-7-19(21(11-18)28-3)22-12-23-13-29-22/h4-7,10-13,24-25H,1,8-9H2,2-3H3. The number of rotatable bonds is 6. The molecule has 3 aromatic rings. The van der Waals surface area contributed by atoms with Crippen LogP contribution in [0.4, 0.5) is 17.1 Å². The largest absolute Gasteiger partial charge is 0.496 e. The Labute approximate surface area is 169 Å². The molecular formula is C22H22N4O3. The van der Waals surface area contributed by atoms with E-state index in [4.69, 9.17) is 9.15 Å². The van der Waals surface area contributed by atoms with Crippen molar-refractivity contribution in [2.75, 3.05) is 29.2 Å². The van der Waals surface area contributed by atoms with Gasteiger partial charge in [0.15, 0.2) is 12.2 Å². The van der Waals surface area contributed by atoms with Gasteiger partial charge in [-0.05, 0) is 36.2 Å². The van der Waals surface area contributed by atoms with Crippen molar-refractivity contribution in [3.05, 3.63) is 67.0 Å². The molecule has 1 aliphatic heterocycles. The second kappa shape index (κ2) is 7.71. The Balaban J connectivity index is 1.48. The van der Waals surface area contributed by atoms with Crippen LogP contribution in [0.2, 0.25) is 0 Å². The van der Waals surface area contributed by atoms with Crippen LogP contribution in [-0.4, -0.2) is 24.5 Å². The SMILES string of the molecule is C=C(Nc1ccc(-c2cnco2)c(OC)c1)Nc1ccc2c(c1)N(C(C)=O)CC2. The maximum Gasteiger partial charge on any atom is 0.223 e. The molecule has 2 aromatic carbocycles. The van der Waals surface area contributed by atoms with Crippen molar-refractivity contribution in [2.45, 2.75) is 13.3 Å². The van der Waals surface area contributed by atoms with Crippen LogP contribution in [0.25, 0.3) is 11.3 Å². The quantitative estimate of drug-likeness (QED) is 0.655. The Morgan fingerprint density at radius 2 is 1.97 bits per heavy atom. The van der Waals surface area contributed by atoms with E-state index in [0.29, 0.717) is 17.3 Å². The number of carbonyl (C=O) groups is 1. The number of oxazole rings is 1. The molecule has 1 aliphatic rings. The van der Waals surface area contributed by atoms with Crippen molar-refractivity contribution in [2.24, 2.45) is 0 Å². The van der Waals surface area contributed by atoms with Crippen LogP contribution in [0.5, 0.6) is 5.75 Å². The van der Waals surface area contributed by atoms with E-state index in [1.165, 1.54) is 12.0 Å². The number of anilines is 3. The number of benzene rings is 2. The van der Waals surface area contributed by atoms with E-state index in [9.17, 15) is 4.79 Å². The highest BCUT2D eigenvalue weighted by Crippen LogP contribution is 2.33. The molecule has 0 bridgehead atoms. The fourth-order valence-corrected chi connectivity index (χ4v) is 3.49. The molecular weight excluding hydrogens is 368 g/mol. The third-order valence-corrected chi connectivity index (χ3v) is 4.85. The minimum Gasteiger partial charge on any atom is -0.496 e. The van der Waals surface area contributed by atoms with Gasteiger partial charge in [0.05, 0.1) is 18.9 Å². The van der Waals surface area contributed by atoms with Crippen LogP contribution in [0.1, 0.15) is 12.5 Å². The molecule has 2 heterocycles. The highest BCUT2D eigenvalue weighted by molar-refractivity contribution is 5.94. The smallest absolute Gasteiger partial charge is 0.223 e. The lowest BCUT2D eigenvalue weighted by atomic mass is 10.1. The van der Waals surface area contributed by atoms with Gasteiger partial charge in [-0.15, -0.1) is 0 Å². The topological polar surface area (TPSA) is 79.6 Å². The number of carbonyl (C=O) groups excluding carboxylic acids is 1. The van der Waals surface area contributed by atoms with Gasteiger partial charge in [-0.1, -0.05) is 12.6 Å². The lowest BCUT2D eigenvalue weighted by molar-refractivity contribution is -0.116. The van der Waals surface area contributed by atoms with Gasteiger partial charge in [-0.2, -0.15) is 0 Å². The number of aromatic nitrogens is 1. The van der Waals surface area contributed by atoms with Crippen molar-refractivity contribution in [1.29, 1.82) is 0 Å². The predicted molar refractivity (Wildman–Crippen MR) is 113 cm³/mol. The van der Waals surface area contributed by atoms with Crippen molar-refractivity contribution < 1.29 is 13.9 Å². The minimum atomic E-state index is 0.0526. The van der Waals surface area contributed by atoms with Crippen LogP contribution >= 0.6 is 0 Å². The molecule has 0 aliphatic carbocycles. The highest BCUT2D eigenvalue weighted by Gasteiger charge is 2.22.